The van der Waals surface area contributed by atoms with Crippen molar-refractivity contribution in [3.63, 3.8) is 0 Å². The molecule has 172 valence electrons. The van der Waals surface area contributed by atoms with Crippen LogP contribution in [0, 0.1) is 17.5 Å². The smallest absolute Gasteiger partial charge is 0.317 e. The lowest BCUT2D eigenvalue weighted by molar-refractivity contribution is -0.138. The third-order valence-corrected chi connectivity index (χ3v) is 4.97. The van der Waals surface area contributed by atoms with Crippen molar-refractivity contribution in [3.05, 3.63) is 101 Å². The number of nitrogens with zero attached hydrogens (tertiary/aromatic N) is 1. The number of likely N-dealkylation sites (N-methyl/N-ethyl adjacent to an activating group) is 1. The molecular weight excluding hydrogens is 435 g/mol. The average Bonchev–Trinajstić information content (AvgIpc) is 2.76. The van der Waals surface area contributed by atoms with Crippen LogP contribution in [0.15, 0.2) is 66.7 Å². The Bertz CT molecular complexity index is 1130. The molecule has 1 atom stereocenters. The Kier molecular flexibility index (Phi) is 7.84. The number of ketones is 1. The van der Waals surface area contributed by atoms with Crippen LogP contribution in [0.4, 0.5) is 13.2 Å². The van der Waals surface area contributed by atoms with Crippen LogP contribution in [0.5, 0.6) is 5.75 Å². The first-order valence-corrected chi connectivity index (χ1v) is 10.1. The highest BCUT2D eigenvalue weighted by Crippen LogP contribution is 2.27. The van der Waals surface area contributed by atoms with Crippen LogP contribution < -0.4 is 4.74 Å². The molecular formula is C25H22F3NO4. The zero-order valence-corrected chi connectivity index (χ0v) is 17.8. The summed E-state index contributed by atoms with van der Waals surface area (Å²) in [6.07, 6.45) is -0.171. The van der Waals surface area contributed by atoms with Crippen molar-refractivity contribution in [2.75, 3.05) is 20.1 Å². The number of hydrogen-bond acceptors (Lipinski definition) is 4. The van der Waals surface area contributed by atoms with Gasteiger partial charge in [0.15, 0.2) is 5.78 Å². The molecule has 0 radical (unpaired) electrons. The Hall–Kier alpha value is -3.65. The van der Waals surface area contributed by atoms with Crippen molar-refractivity contribution in [1.29, 1.82) is 0 Å². The minimum Gasteiger partial charge on any atom is -0.486 e. The topological polar surface area (TPSA) is 66.8 Å². The number of carboxylic acids is 1. The van der Waals surface area contributed by atoms with Crippen LogP contribution in [-0.4, -0.2) is 41.9 Å². The SMILES string of the molecule is CN(CCC(Oc1cccc(C(=O)c2ccc(F)cc2F)c1)c1ccc(F)cc1)CC(=O)O. The summed E-state index contributed by atoms with van der Waals surface area (Å²) in [4.78, 5) is 25.3. The van der Waals surface area contributed by atoms with Gasteiger partial charge in [0, 0.05) is 24.6 Å². The van der Waals surface area contributed by atoms with Crippen LogP contribution in [0.2, 0.25) is 0 Å². The normalized spacial score (nSPS) is 11.9. The van der Waals surface area contributed by atoms with E-state index in [0.717, 1.165) is 12.1 Å². The van der Waals surface area contributed by atoms with Gasteiger partial charge >= 0.3 is 5.97 Å². The number of hydrogen-bond donors (Lipinski definition) is 1. The van der Waals surface area contributed by atoms with E-state index in [9.17, 15) is 22.8 Å². The number of aliphatic carboxylic acids is 1. The van der Waals surface area contributed by atoms with Crippen LogP contribution in [0.3, 0.4) is 0 Å². The van der Waals surface area contributed by atoms with Gasteiger partial charge in [-0.25, -0.2) is 13.2 Å². The molecule has 0 aliphatic carbocycles. The van der Waals surface area contributed by atoms with Gasteiger partial charge in [-0.1, -0.05) is 24.3 Å². The van der Waals surface area contributed by atoms with Crippen molar-refractivity contribution in [3.8, 4) is 5.75 Å². The third-order valence-electron chi connectivity index (χ3n) is 4.97. The number of halogens is 3. The molecule has 3 aromatic rings. The number of rotatable bonds is 10. The summed E-state index contributed by atoms with van der Waals surface area (Å²) in [6.45, 7) is 0.233. The first-order valence-electron chi connectivity index (χ1n) is 10.1. The Morgan fingerprint density at radius 1 is 0.970 bits per heavy atom. The lowest BCUT2D eigenvalue weighted by Crippen LogP contribution is -2.28. The predicted octanol–water partition coefficient (Wildman–Crippen LogP) is 4.86. The molecule has 0 saturated carbocycles. The first kappa shape index (κ1) is 24.0. The monoisotopic (exact) mass is 457 g/mol. The van der Waals surface area contributed by atoms with Gasteiger partial charge in [0.1, 0.15) is 29.3 Å². The quantitative estimate of drug-likeness (QED) is 0.441. The van der Waals surface area contributed by atoms with Gasteiger partial charge in [-0.05, 0) is 49.0 Å². The molecule has 33 heavy (non-hydrogen) atoms. The zero-order chi connectivity index (χ0) is 24.0. The predicted molar refractivity (Wildman–Crippen MR) is 116 cm³/mol. The summed E-state index contributed by atoms with van der Waals surface area (Å²) in [5.74, 6) is -3.42. The Morgan fingerprint density at radius 3 is 2.33 bits per heavy atom. The maximum atomic E-state index is 14.0. The second-order valence-electron chi connectivity index (χ2n) is 7.56. The second kappa shape index (κ2) is 10.8. The van der Waals surface area contributed by atoms with E-state index in [2.05, 4.69) is 0 Å². The average molecular weight is 457 g/mol. The van der Waals surface area contributed by atoms with Crippen LogP contribution in [0.25, 0.3) is 0 Å². The van der Waals surface area contributed by atoms with Crippen LogP contribution in [-0.2, 0) is 4.79 Å². The van der Waals surface area contributed by atoms with Gasteiger partial charge in [-0.2, -0.15) is 0 Å². The summed E-state index contributed by atoms with van der Waals surface area (Å²) >= 11 is 0. The molecule has 5 nitrogen and oxygen atoms in total. The van der Waals surface area contributed by atoms with E-state index >= 15 is 0 Å². The Morgan fingerprint density at radius 2 is 1.67 bits per heavy atom. The van der Waals surface area contributed by atoms with Crippen LogP contribution >= 0.6 is 0 Å². The van der Waals surface area contributed by atoms with Gasteiger partial charge < -0.3 is 9.84 Å². The molecule has 3 rings (SSSR count). The third kappa shape index (κ3) is 6.66. The van der Waals surface area contributed by atoms with E-state index in [0.29, 0.717) is 30.3 Å². The largest absolute Gasteiger partial charge is 0.486 e. The number of carboxylic acid groups (broad SMARTS) is 1. The molecule has 0 amide bonds. The van der Waals surface area contributed by atoms with Crippen molar-refractivity contribution >= 4 is 11.8 Å². The van der Waals surface area contributed by atoms with Crippen molar-refractivity contribution < 1.29 is 32.6 Å². The summed E-state index contributed by atoms with van der Waals surface area (Å²) in [5.41, 5.74) is 0.555. The maximum absolute atomic E-state index is 14.0. The lowest BCUT2D eigenvalue weighted by atomic mass is 10.0. The van der Waals surface area contributed by atoms with E-state index in [-0.39, 0.29) is 17.7 Å². The molecule has 8 heteroatoms. The Labute approximate surface area is 189 Å². The summed E-state index contributed by atoms with van der Waals surface area (Å²) in [7, 11) is 1.66. The lowest BCUT2D eigenvalue weighted by Gasteiger charge is -2.23. The molecule has 0 aliphatic heterocycles. The van der Waals surface area contributed by atoms with Gasteiger partial charge in [0.25, 0.3) is 0 Å². The fourth-order valence-corrected chi connectivity index (χ4v) is 3.32. The van der Waals surface area contributed by atoms with Gasteiger partial charge in [-0.15, -0.1) is 0 Å². The minimum absolute atomic E-state index is 0.149. The molecule has 3 aromatic carbocycles. The standard InChI is InChI=1S/C25H22F3NO4/c1-29(15-24(30)31)12-11-23(16-5-7-18(26)8-6-16)33-20-4-2-3-17(13-20)25(32)21-10-9-19(27)14-22(21)28/h2-10,13-14,23H,11-12,15H2,1H3,(H,30,31). The van der Waals surface area contributed by atoms with E-state index in [1.54, 1.807) is 36.2 Å². The molecule has 0 bridgehead atoms. The maximum Gasteiger partial charge on any atom is 0.317 e. The van der Waals surface area contributed by atoms with E-state index in [1.165, 1.54) is 24.3 Å². The molecule has 0 spiro atoms. The Balaban J connectivity index is 1.82. The van der Waals surface area contributed by atoms with Crippen molar-refractivity contribution in [2.45, 2.75) is 12.5 Å². The van der Waals surface area contributed by atoms with Gasteiger partial charge in [-0.3, -0.25) is 14.5 Å². The summed E-state index contributed by atoms with van der Waals surface area (Å²) < 4.78 is 46.7. The van der Waals surface area contributed by atoms with Gasteiger partial charge in [0.2, 0.25) is 0 Å². The fraction of sp³-hybridized carbons (Fsp3) is 0.200. The minimum atomic E-state index is -0.962. The summed E-state index contributed by atoms with van der Waals surface area (Å²) in [6, 6.07) is 14.6. The van der Waals surface area contributed by atoms with E-state index < -0.39 is 35.3 Å². The highest BCUT2D eigenvalue weighted by molar-refractivity contribution is 6.09. The van der Waals surface area contributed by atoms with E-state index in [4.69, 9.17) is 9.84 Å². The zero-order valence-electron chi connectivity index (χ0n) is 17.8. The highest BCUT2D eigenvalue weighted by atomic mass is 19.1. The first-order chi connectivity index (χ1) is 15.7. The number of ether oxygens (including phenoxy) is 1. The molecule has 0 fully saturated rings. The fourth-order valence-electron chi connectivity index (χ4n) is 3.32. The number of benzene rings is 3. The highest BCUT2D eigenvalue weighted by Gasteiger charge is 2.19. The van der Waals surface area contributed by atoms with Crippen LogP contribution in [0.1, 0.15) is 34.0 Å². The van der Waals surface area contributed by atoms with E-state index in [1.807, 2.05) is 0 Å². The molecule has 0 saturated heterocycles. The van der Waals surface area contributed by atoms with Crippen molar-refractivity contribution in [1.82, 2.24) is 4.90 Å². The van der Waals surface area contributed by atoms with Gasteiger partial charge in [0.05, 0.1) is 12.1 Å². The summed E-state index contributed by atoms with van der Waals surface area (Å²) in [5, 5.41) is 8.95. The molecule has 0 aromatic heterocycles. The number of carbonyl (C=O) groups is 2. The van der Waals surface area contributed by atoms with Crippen molar-refractivity contribution in [2.24, 2.45) is 0 Å². The second-order valence-corrected chi connectivity index (χ2v) is 7.56. The molecule has 1 N–H and O–H groups in total. The molecule has 0 aliphatic rings. The number of carbonyl (C=O) groups excluding carboxylic acids is 1. The molecule has 0 heterocycles. The molecule has 1 unspecified atom stereocenters.